The molecule has 0 amide bonds. The van der Waals surface area contributed by atoms with Crippen molar-refractivity contribution in [3.8, 4) is 0 Å². The lowest BCUT2D eigenvalue weighted by atomic mass is 9.91. The first kappa shape index (κ1) is 27.1. The molecule has 0 bridgehead atoms. The Hall–Kier alpha value is -2.96. The van der Waals surface area contributed by atoms with E-state index in [1.165, 1.54) is 23.2 Å². The Labute approximate surface area is 225 Å². The standard InChI is InChI=1S/C24H23Cl2N5O4S2/c25-19-11-9-18(10-12-19)23-22(17-5-2-1-3-6-17)16-31(29-23)24(28-13-14-36(27,32)33)30-37(34,35)21-8-4-7-20(26)15-21/h1-12,15,22H,13-14,16H2,(H,28,30)(H2,27,32,33)/t22-/m1/s1. The lowest BCUT2D eigenvalue weighted by molar-refractivity contribution is 0.461. The van der Waals surface area contributed by atoms with Gasteiger partial charge in [-0.05, 0) is 41.5 Å². The first-order valence-electron chi connectivity index (χ1n) is 11.0. The molecule has 3 aromatic rings. The molecular weight excluding hydrogens is 557 g/mol. The van der Waals surface area contributed by atoms with Gasteiger partial charge in [-0.25, -0.2) is 36.7 Å². The van der Waals surface area contributed by atoms with E-state index in [2.05, 4.69) is 9.71 Å². The van der Waals surface area contributed by atoms with E-state index < -0.39 is 25.8 Å². The summed E-state index contributed by atoms with van der Waals surface area (Å²) in [5.74, 6) is -0.853. The number of primary sulfonamides is 1. The van der Waals surface area contributed by atoms with Crippen molar-refractivity contribution in [2.45, 2.75) is 10.8 Å². The maximum atomic E-state index is 13.2. The lowest BCUT2D eigenvalue weighted by Gasteiger charge is -2.20. The number of halogens is 2. The second kappa shape index (κ2) is 11.2. The zero-order valence-corrected chi connectivity index (χ0v) is 22.5. The van der Waals surface area contributed by atoms with Crippen LogP contribution in [0, 0.1) is 0 Å². The molecule has 0 unspecified atom stereocenters. The number of hydrogen-bond donors (Lipinski definition) is 2. The summed E-state index contributed by atoms with van der Waals surface area (Å²) < 4.78 is 51.7. The van der Waals surface area contributed by atoms with E-state index >= 15 is 0 Å². The Morgan fingerprint density at radius 2 is 1.68 bits per heavy atom. The van der Waals surface area contributed by atoms with E-state index in [0.717, 1.165) is 11.1 Å². The smallest absolute Gasteiger partial charge is 0.250 e. The van der Waals surface area contributed by atoms with Gasteiger partial charge in [-0.2, -0.15) is 5.10 Å². The molecule has 1 heterocycles. The maximum absolute atomic E-state index is 13.2. The zero-order chi connectivity index (χ0) is 26.6. The Kier molecular flexibility index (Phi) is 8.20. The first-order chi connectivity index (χ1) is 17.5. The fraction of sp³-hybridized carbons (Fsp3) is 0.167. The molecule has 0 aliphatic carbocycles. The molecule has 1 aliphatic heterocycles. The molecular formula is C24H23Cl2N5O4S2. The minimum atomic E-state index is -4.13. The van der Waals surface area contributed by atoms with Crippen molar-refractivity contribution in [2.24, 2.45) is 15.2 Å². The van der Waals surface area contributed by atoms with E-state index in [4.69, 9.17) is 33.4 Å². The number of hydrazone groups is 1. The number of nitrogens with two attached hydrogens (primary N) is 1. The summed E-state index contributed by atoms with van der Waals surface area (Å²) in [6, 6.07) is 22.5. The highest BCUT2D eigenvalue weighted by atomic mass is 35.5. The molecule has 3 aromatic carbocycles. The van der Waals surface area contributed by atoms with Gasteiger partial charge in [0.15, 0.2) is 0 Å². The van der Waals surface area contributed by atoms with Gasteiger partial charge in [0.05, 0.1) is 29.4 Å². The summed E-state index contributed by atoms with van der Waals surface area (Å²) >= 11 is 12.1. The summed E-state index contributed by atoms with van der Waals surface area (Å²) in [5.41, 5.74) is 2.42. The van der Waals surface area contributed by atoms with Crippen LogP contribution < -0.4 is 9.86 Å². The van der Waals surface area contributed by atoms with Gasteiger partial charge in [-0.3, -0.25) is 0 Å². The van der Waals surface area contributed by atoms with Crippen LogP contribution in [0.15, 0.2) is 93.9 Å². The Balaban J connectivity index is 1.74. The van der Waals surface area contributed by atoms with E-state index in [0.29, 0.717) is 10.7 Å². The van der Waals surface area contributed by atoms with Gasteiger partial charge < -0.3 is 0 Å². The number of nitrogens with zero attached hydrogens (tertiary/aromatic N) is 3. The predicted octanol–water partition coefficient (Wildman–Crippen LogP) is 3.42. The van der Waals surface area contributed by atoms with Crippen molar-refractivity contribution < 1.29 is 16.8 Å². The third-order valence-corrected chi connectivity index (χ3v) is 8.03. The molecule has 37 heavy (non-hydrogen) atoms. The SMILES string of the molecule is NS(=O)(=O)CCN=C(NS(=O)(=O)c1cccc(Cl)c1)N1C[C@H](c2ccccc2)C(c2ccc(Cl)cc2)=N1. The molecule has 9 nitrogen and oxygen atoms in total. The minimum Gasteiger partial charge on any atom is -0.250 e. The highest BCUT2D eigenvalue weighted by Crippen LogP contribution is 2.29. The van der Waals surface area contributed by atoms with Crippen LogP contribution in [0.25, 0.3) is 0 Å². The number of benzene rings is 3. The fourth-order valence-electron chi connectivity index (χ4n) is 3.72. The molecule has 0 spiro atoms. The number of rotatable bonds is 7. The van der Waals surface area contributed by atoms with Crippen molar-refractivity contribution in [3.05, 3.63) is 100 Å². The molecule has 3 N–H and O–H groups in total. The molecule has 1 aliphatic rings. The van der Waals surface area contributed by atoms with Crippen LogP contribution in [0.2, 0.25) is 10.0 Å². The normalized spacial score (nSPS) is 16.5. The minimum absolute atomic E-state index is 0.0835. The lowest BCUT2D eigenvalue weighted by Crippen LogP contribution is -2.41. The second-order valence-corrected chi connectivity index (χ2v) is 12.5. The summed E-state index contributed by atoms with van der Waals surface area (Å²) in [6.07, 6.45) is 0. The Morgan fingerprint density at radius 3 is 2.32 bits per heavy atom. The van der Waals surface area contributed by atoms with Gasteiger partial charge in [0, 0.05) is 16.0 Å². The molecule has 13 heteroatoms. The molecule has 0 radical (unpaired) electrons. The Morgan fingerprint density at radius 1 is 0.973 bits per heavy atom. The van der Waals surface area contributed by atoms with Crippen LogP contribution >= 0.6 is 23.2 Å². The topological polar surface area (TPSA) is 134 Å². The number of guanidine groups is 1. The van der Waals surface area contributed by atoms with E-state index in [-0.39, 0.29) is 34.9 Å². The number of sulfonamides is 2. The van der Waals surface area contributed by atoms with E-state index in [1.54, 1.807) is 18.2 Å². The first-order valence-corrected chi connectivity index (χ1v) is 15.0. The Bertz CT molecular complexity index is 1550. The van der Waals surface area contributed by atoms with Crippen LogP contribution in [-0.4, -0.2) is 52.4 Å². The van der Waals surface area contributed by atoms with E-state index in [9.17, 15) is 16.8 Å². The quantitative estimate of drug-likeness (QED) is 0.326. The summed E-state index contributed by atoms with van der Waals surface area (Å²) in [4.78, 5) is 4.14. The fourth-order valence-corrected chi connectivity index (χ4v) is 5.52. The number of hydrogen-bond acceptors (Lipinski definition) is 6. The van der Waals surface area contributed by atoms with Crippen LogP contribution in [0.4, 0.5) is 0 Å². The van der Waals surface area contributed by atoms with Gasteiger partial charge in [-0.15, -0.1) is 0 Å². The van der Waals surface area contributed by atoms with Crippen molar-refractivity contribution in [3.63, 3.8) is 0 Å². The molecule has 194 valence electrons. The number of aliphatic imine (C=N–C) groups is 1. The van der Waals surface area contributed by atoms with Crippen LogP contribution in [0.5, 0.6) is 0 Å². The van der Waals surface area contributed by atoms with Gasteiger partial charge in [0.25, 0.3) is 10.0 Å². The summed E-state index contributed by atoms with van der Waals surface area (Å²) in [7, 11) is -7.95. The van der Waals surface area contributed by atoms with Crippen LogP contribution in [0.3, 0.4) is 0 Å². The van der Waals surface area contributed by atoms with Gasteiger partial charge in [0.2, 0.25) is 16.0 Å². The van der Waals surface area contributed by atoms with Gasteiger partial charge in [0.1, 0.15) is 0 Å². The number of nitrogens with one attached hydrogen (secondary N) is 1. The zero-order valence-electron chi connectivity index (χ0n) is 19.3. The van der Waals surface area contributed by atoms with Gasteiger partial charge in [-0.1, -0.05) is 71.7 Å². The molecule has 1 atom stereocenters. The maximum Gasteiger partial charge on any atom is 0.264 e. The summed E-state index contributed by atoms with van der Waals surface area (Å²) in [5, 5.41) is 12.0. The van der Waals surface area contributed by atoms with Gasteiger partial charge >= 0.3 is 0 Å². The molecule has 4 rings (SSSR count). The third kappa shape index (κ3) is 7.08. The molecule has 0 saturated heterocycles. The second-order valence-electron chi connectivity index (χ2n) is 8.17. The van der Waals surface area contributed by atoms with Crippen molar-refractivity contribution in [2.75, 3.05) is 18.8 Å². The van der Waals surface area contributed by atoms with Crippen molar-refractivity contribution in [1.29, 1.82) is 0 Å². The van der Waals surface area contributed by atoms with Crippen molar-refractivity contribution in [1.82, 2.24) is 9.73 Å². The molecule has 0 aromatic heterocycles. The average molecular weight is 581 g/mol. The highest BCUT2D eigenvalue weighted by Gasteiger charge is 2.33. The van der Waals surface area contributed by atoms with Crippen LogP contribution in [0.1, 0.15) is 17.0 Å². The van der Waals surface area contributed by atoms with E-state index in [1.807, 2.05) is 42.5 Å². The van der Waals surface area contributed by atoms with Crippen molar-refractivity contribution >= 4 is 54.9 Å². The van der Waals surface area contributed by atoms with Crippen LogP contribution in [-0.2, 0) is 20.0 Å². The third-order valence-electron chi connectivity index (χ3n) is 5.47. The average Bonchev–Trinajstić information content (AvgIpc) is 3.29. The summed E-state index contributed by atoms with van der Waals surface area (Å²) in [6.45, 7) is -0.0290. The monoisotopic (exact) mass is 579 g/mol. The molecule has 0 saturated carbocycles. The highest BCUT2D eigenvalue weighted by molar-refractivity contribution is 7.90. The molecule has 0 fully saturated rings. The predicted molar refractivity (Wildman–Crippen MR) is 146 cm³/mol. The largest absolute Gasteiger partial charge is 0.264 e.